The van der Waals surface area contributed by atoms with Crippen LogP contribution < -0.4 is 5.32 Å². The first kappa shape index (κ1) is 29.8. The molecular formula is C14H21NO17S2. The van der Waals surface area contributed by atoms with Crippen LogP contribution in [0.15, 0.2) is 11.8 Å². The Labute approximate surface area is 191 Å². The molecule has 0 saturated carbocycles. The second-order valence-electron chi connectivity index (χ2n) is 6.50. The second kappa shape index (κ2) is 11.9. The summed E-state index contributed by atoms with van der Waals surface area (Å²) in [6, 6.07) is -1.99. The van der Waals surface area contributed by atoms with Gasteiger partial charge in [0, 0.05) is 6.92 Å². The van der Waals surface area contributed by atoms with E-state index in [0.717, 1.165) is 6.92 Å². The number of aliphatic hydroxyl groups excluding tert-OH is 3. The third-order valence-electron chi connectivity index (χ3n) is 3.90. The van der Waals surface area contributed by atoms with E-state index in [1.165, 1.54) is 0 Å². The van der Waals surface area contributed by atoms with E-state index in [1.54, 1.807) is 0 Å². The molecule has 1 heterocycles. The molecule has 18 nitrogen and oxygen atoms in total. The van der Waals surface area contributed by atoms with Gasteiger partial charge in [-0.25, -0.2) is 13.2 Å². The average Bonchev–Trinajstić information content (AvgIpc) is 2.68. The topological polar surface area (TPSA) is 290 Å². The Hall–Kier alpha value is -2.27. The molecule has 1 aliphatic rings. The summed E-state index contributed by atoms with van der Waals surface area (Å²) in [7, 11) is -10.8. The molecule has 0 bridgehead atoms. The zero-order chi connectivity index (χ0) is 26.4. The number of nitrogens with one attached hydrogen (secondary N) is 1. The Balaban J connectivity index is 3.58. The highest BCUT2D eigenvalue weighted by Gasteiger charge is 2.47. The molecule has 1 rings (SSSR count). The molecule has 0 fully saturated rings. The van der Waals surface area contributed by atoms with Crippen LogP contribution in [-0.2, 0) is 53.0 Å². The van der Waals surface area contributed by atoms with Crippen molar-refractivity contribution < 1.29 is 78.6 Å². The Morgan fingerprint density at radius 1 is 1.21 bits per heavy atom. The van der Waals surface area contributed by atoms with Gasteiger partial charge in [-0.05, 0) is 6.08 Å². The predicted molar refractivity (Wildman–Crippen MR) is 101 cm³/mol. The van der Waals surface area contributed by atoms with Gasteiger partial charge in [-0.3, -0.25) is 13.9 Å². The van der Waals surface area contributed by atoms with E-state index < -0.39 is 87.9 Å². The minimum atomic E-state index is -5.45. The van der Waals surface area contributed by atoms with Crippen molar-refractivity contribution >= 4 is 39.0 Å². The van der Waals surface area contributed by atoms with Crippen LogP contribution in [0.2, 0.25) is 0 Å². The maximum absolute atomic E-state index is 11.6. The Kier molecular flexibility index (Phi) is 10.4. The van der Waals surface area contributed by atoms with Crippen molar-refractivity contribution in [1.29, 1.82) is 0 Å². The first-order chi connectivity index (χ1) is 15.5. The zero-order valence-corrected chi connectivity index (χ0v) is 18.5. The van der Waals surface area contributed by atoms with Crippen molar-refractivity contribution in [2.75, 3.05) is 6.61 Å². The number of hydrogen-bond donors (Lipinski definition) is 7. The lowest BCUT2D eigenvalue weighted by atomic mass is 10.0. The van der Waals surface area contributed by atoms with Gasteiger partial charge in [-0.2, -0.15) is 16.8 Å². The number of rotatable bonds is 13. The van der Waals surface area contributed by atoms with E-state index in [0.29, 0.717) is 6.08 Å². The van der Waals surface area contributed by atoms with Gasteiger partial charge < -0.3 is 40.0 Å². The standard InChI is InChI=1S/C14H21NO17S2/c1-5(18)15-6(3-16)10(11(8(20)4-17)31-33(23,24)25)30-14-12(32-34(26,27)28)7(19)2-9(29-14)13(21)22/h2-3,6-8,10-12,14,17,19-20H,4H2,1H3,(H,15,18)(H,21,22)(H,23,24,25)(H,26,27,28)/t6-,7-,8+,10+,11-,12+,14-/m0/s1. The summed E-state index contributed by atoms with van der Waals surface area (Å²) in [5.41, 5.74) is 0. The molecule has 0 aromatic heterocycles. The van der Waals surface area contributed by atoms with Crippen LogP contribution in [0, 0.1) is 0 Å². The number of carboxylic acids is 1. The Morgan fingerprint density at radius 3 is 2.21 bits per heavy atom. The van der Waals surface area contributed by atoms with E-state index in [9.17, 15) is 46.5 Å². The number of carbonyl (C=O) groups excluding carboxylic acids is 2. The fraction of sp³-hybridized carbons (Fsp3) is 0.643. The van der Waals surface area contributed by atoms with Gasteiger partial charge in [-0.1, -0.05) is 0 Å². The minimum Gasteiger partial charge on any atom is -0.475 e. The van der Waals surface area contributed by atoms with Crippen molar-refractivity contribution in [2.24, 2.45) is 0 Å². The smallest absolute Gasteiger partial charge is 0.397 e. The number of amides is 1. The molecule has 0 unspecified atom stereocenters. The van der Waals surface area contributed by atoms with Crippen molar-refractivity contribution in [2.45, 2.75) is 49.8 Å². The van der Waals surface area contributed by atoms with Gasteiger partial charge in [0.2, 0.25) is 18.0 Å². The number of hydrogen-bond acceptors (Lipinski definition) is 14. The number of carbonyl (C=O) groups is 3. The van der Waals surface area contributed by atoms with Crippen molar-refractivity contribution in [3.05, 3.63) is 11.8 Å². The maximum atomic E-state index is 11.6. The van der Waals surface area contributed by atoms with Crippen LogP contribution in [0.25, 0.3) is 0 Å². The molecule has 7 N–H and O–H groups in total. The van der Waals surface area contributed by atoms with Gasteiger partial charge in [0.15, 0.2) is 6.10 Å². The highest BCUT2D eigenvalue weighted by Crippen LogP contribution is 2.27. The molecule has 0 spiro atoms. The average molecular weight is 539 g/mol. The summed E-state index contributed by atoms with van der Waals surface area (Å²) in [5, 5.41) is 40.3. The summed E-state index contributed by atoms with van der Waals surface area (Å²) in [5.74, 6) is -3.84. The molecule has 0 aromatic rings. The molecule has 1 amide bonds. The quantitative estimate of drug-likeness (QED) is 0.0856. The second-order valence-corrected chi connectivity index (χ2v) is 8.60. The summed E-state index contributed by atoms with van der Waals surface area (Å²) >= 11 is 0. The molecule has 34 heavy (non-hydrogen) atoms. The van der Waals surface area contributed by atoms with E-state index in [-0.39, 0.29) is 6.29 Å². The monoisotopic (exact) mass is 539 g/mol. The summed E-state index contributed by atoms with van der Waals surface area (Å²) in [6.07, 6.45) is -13.6. The van der Waals surface area contributed by atoms with Gasteiger partial charge in [-0.15, -0.1) is 0 Å². The largest absolute Gasteiger partial charge is 0.475 e. The lowest BCUT2D eigenvalue weighted by Gasteiger charge is -2.38. The molecule has 196 valence electrons. The number of aliphatic hydroxyl groups is 3. The van der Waals surface area contributed by atoms with Crippen LogP contribution >= 0.6 is 0 Å². The number of aliphatic carboxylic acids is 1. The van der Waals surface area contributed by atoms with E-state index in [2.05, 4.69) is 8.37 Å². The van der Waals surface area contributed by atoms with Crippen molar-refractivity contribution in [3.63, 3.8) is 0 Å². The fourth-order valence-corrected chi connectivity index (χ4v) is 3.65. The summed E-state index contributed by atoms with van der Waals surface area (Å²) < 4.78 is 81.2. The van der Waals surface area contributed by atoms with Gasteiger partial charge in [0.05, 0.1) is 6.61 Å². The SMILES string of the molecule is CC(=O)N[C@@H](C=O)[C@@H](O[C@@H]1OC(C(=O)O)=C[C@H](O)[C@H]1OS(=O)(=O)O)[C@@H](OS(=O)(=O)O)[C@H](O)CO. The highest BCUT2D eigenvalue weighted by atomic mass is 32.3. The van der Waals surface area contributed by atoms with E-state index in [4.69, 9.17) is 23.7 Å². The van der Waals surface area contributed by atoms with Gasteiger partial charge >= 0.3 is 26.8 Å². The molecular weight excluding hydrogens is 518 g/mol. The predicted octanol–water partition coefficient (Wildman–Crippen LogP) is -4.51. The number of aldehydes is 1. The van der Waals surface area contributed by atoms with E-state index in [1.807, 2.05) is 5.32 Å². The van der Waals surface area contributed by atoms with Crippen LogP contribution in [0.3, 0.4) is 0 Å². The fourth-order valence-electron chi connectivity index (χ4n) is 2.64. The highest BCUT2D eigenvalue weighted by molar-refractivity contribution is 7.81. The number of carboxylic acid groups (broad SMARTS) is 1. The summed E-state index contributed by atoms with van der Waals surface area (Å²) in [4.78, 5) is 34.3. The first-order valence-electron chi connectivity index (χ1n) is 8.77. The van der Waals surface area contributed by atoms with Gasteiger partial charge in [0.1, 0.15) is 36.7 Å². The lowest BCUT2D eigenvalue weighted by Crippen LogP contribution is -2.59. The van der Waals surface area contributed by atoms with Crippen LogP contribution in [-0.4, -0.2) is 114 Å². The Bertz CT molecular complexity index is 992. The third kappa shape index (κ3) is 9.17. The minimum absolute atomic E-state index is 0.0949. The molecule has 0 aliphatic carbocycles. The zero-order valence-electron chi connectivity index (χ0n) is 16.9. The number of ether oxygens (including phenoxy) is 2. The van der Waals surface area contributed by atoms with Crippen LogP contribution in [0.4, 0.5) is 0 Å². The Morgan fingerprint density at radius 2 is 1.79 bits per heavy atom. The lowest BCUT2D eigenvalue weighted by molar-refractivity contribution is -0.240. The third-order valence-corrected chi connectivity index (χ3v) is 4.83. The van der Waals surface area contributed by atoms with Crippen molar-refractivity contribution in [1.82, 2.24) is 5.32 Å². The molecule has 0 radical (unpaired) electrons. The molecule has 1 aliphatic heterocycles. The van der Waals surface area contributed by atoms with Crippen LogP contribution in [0.1, 0.15) is 6.92 Å². The maximum Gasteiger partial charge on any atom is 0.397 e. The first-order valence-corrected chi connectivity index (χ1v) is 11.5. The molecule has 7 atom stereocenters. The molecule has 0 saturated heterocycles. The summed E-state index contributed by atoms with van der Waals surface area (Å²) in [6.45, 7) is -0.407. The normalized spacial score (nSPS) is 24.6. The van der Waals surface area contributed by atoms with Crippen molar-refractivity contribution in [3.8, 4) is 0 Å². The van der Waals surface area contributed by atoms with Crippen LogP contribution in [0.5, 0.6) is 0 Å². The van der Waals surface area contributed by atoms with E-state index >= 15 is 0 Å². The van der Waals surface area contributed by atoms with Gasteiger partial charge in [0.25, 0.3) is 0 Å². The molecule has 20 heteroatoms. The molecule has 0 aromatic carbocycles.